The molecule has 8 nitrogen and oxygen atoms in total. The van der Waals surface area contributed by atoms with Crippen LogP contribution in [0.2, 0.25) is 0 Å². The van der Waals surface area contributed by atoms with Gasteiger partial charge in [0.25, 0.3) is 11.8 Å². The number of carbonyl (C=O) groups excluding carboxylic acids is 2. The van der Waals surface area contributed by atoms with Gasteiger partial charge in [0.15, 0.2) is 0 Å². The molecular formula is C19H22N2O6. The Morgan fingerprint density at radius 1 is 0.667 bits per heavy atom. The van der Waals surface area contributed by atoms with Crippen LogP contribution in [0.5, 0.6) is 11.5 Å². The molecule has 0 spiro atoms. The normalized spacial score (nSPS) is 10.1. The van der Waals surface area contributed by atoms with Crippen molar-refractivity contribution in [3.63, 3.8) is 0 Å². The maximum absolute atomic E-state index is 11.2. The molecule has 0 aliphatic rings. The summed E-state index contributed by atoms with van der Waals surface area (Å²) in [6, 6.07) is 13.0. The summed E-state index contributed by atoms with van der Waals surface area (Å²) < 4.78 is 11.2. The van der Waals surface area contributed by atoms with Crippen LogP contribution in [0.15, 0.2) is 48.5 Å². The Morgan fingerprint density at radius 2 is 1.04 bits per heavy atom. The monoisotopic (exact) mass is 374 g/mol. The number of ether oxygens (including phenoxy) is 2. The van der Waals surface area contributed by atoms with Crippen LogP contribution in [0.4, 0.5) is 0 Å². The largest absolute Gasteiger partial charge is 0.494 e. The first-order valence-electron chi connectivity index (χ1n) is 8.48. The third kappa shape index (κ3) is 6.61. The summed E-state index contributed by atoms with van der Waals surface area (Å²) in [5.74, 6) is 0.196. The van der Waals surface area contributed by atoms with E-state index in [-0.39, 0.29) is 0 Å². The summed E-state index contributed by atoms with van der Waals surface area (Å²) in [7, 11) is 0. The van der Waals surface area contributed by atoms with Gasteiger partial charge in [-0.25, -0.2) is 11.0 Å². The van der Waals surface area contributed by atoms with Crippen LogP contribution in [0.3, 0.4) is 0 Å². The van der Waals surface area contributed by atoms with Gasteiger partial charge in [-0.05, 0) is 67.8 Å². The maximum atomic E-state index is 11.2. The molecule has 0 radical (unpaired) electrons. The van der Waals surface area contributed by atoms with Gasteiger partial charge in [-0.2, -0.15) is 0 Å². The van der Waals surface area contributed by atoms with Gasteiger partial charge in [0.2, 0.25) is 0 Å². The molecule has 2 amide bonds. The van der Waals surface area contributed by atoms with E-state index in [2.05, 4.69) is 0 Å². The minimum Gasteiger partial charge on any atom is -0.494 e. The molecule has 0 aliphatic carbocycles. The van der Waals surface area contributed by atoms with Crippen LogP contribution in [0.1, 0.15) is 40.0 Å². The van der Waals surface area contributed by atoms with E-state index in [9.17, 15) is 9.59 Å². The molecule has 0 saturated heterocycles. The molecule has 0 saturated carbocycles. The lowest BCUT2D eigenvalue weighted by Crippen LogP contribution is -2.18. The second-order valence-electron chi connectivity index (χ2n) is 5.69. The molecule has 0 fully saturated rings. The number of unbranched alkanes of at least 4 members (excludes halogenated alkanes) is 2. The fourth-order valence-electron chi connectivity index (χ4n) is 2.30. The lowest BCUT2D eigenvalue weighted by molar-refractivity contribution is 0.0702. The highest BCUT2D eigenvalue weighted by molar-refractivity contribution is 5.93. The molecule has 4 N–H and O–H groups in total. The van der Waals surface area contributed by atoms with Crippen molar-refractivity contribution >= 4 is 11.8 Å². The Kier molecular flexibility index (Phi) is 8.08. The van der Waals surface area contributed by atoms with Crippen LogP contribution in [0, 0.1) is 0 Å². The van der Waals surface area contributed by atoms with Gasteiger partial charge >= 0.3 is 0 Å². The third-order valence-corrected chi connectivity index (χ3v) is 3.76. The number of carbonyl (C=O) groups is 2. The van der Waals surface area contributed by atoms with Gasteiger partial charge < -0.3 is 9.47 Å². The molecule has 144 valence electrons. The summed E-state index contributed by atoms with van der Waals surface area (Å²) in [4.78, 5) is 22.4. The lowest BCUT2D eigenvalue weighted by Gasteiger charge is -2.08. The Hall–Kier alpha value is -3.10. The fraction of sp³-hybridized carbons (Fsp3) is 0.263. The van der Waals surface area contributed by atoms with Crippen molar-refractivity contribution in [1.29, 1.82) is 0 Å². The molecule has 0 aliphatic heterocycles. The van der Waals surface area contributed by atoms with Gasteiger partial charge in [0.1, 0.15) is 11.5 Å². The highest BCUT2D eigenvalue weighted by Crippen LogP contribution is 2.14. The predicted molar refractivity (Wildman–Crippen MR) is 96.2 cm³/mol. The zero-order valence-electron chi connectivity index (χ0n) is 14.7. The van der Waals surface area contributed by atoms with Crippen LogP contribution >= 0.6 is 0 Å². The van der Waals surface area contributed by atoms with E-state index in [1.807, 2.05) is 0 Å². The summed E-state index contributed by atoms with van der Waals surface area (Å²) in [5, 5.41) is 17.1. The molecule has 8 heteroatoms. The van der Waals surface area contributed by atoms with Crippen LogP contribution in [-0.4, -0.2) is 35.4 Å². The minimum absolute atomic E-state index is 0.354. The molecule has 0 bridgehead atoms. The first-order valence-corrected chi connectivity index (χ1v) is 8.48. The second kappa shape index (κ2) is 10.8. The Morgan fingerprint density at radius 3 is 1.37 bits per heavy atom. The highest BCUT2D eigenvalue weighted by Gasteiger charge is 2.04. The molecule has 27 heavy (non-hydrogen) atoms. The minimum atomic E-state index is -0.562. The molecular weight excluding hydrogens is 352 g/mol. The van der Waals surface area contributed by atoms with Gasteiger partial charge in [0, 0.05) is 11.1 Å². The summed E-state index contributed by atoms with van der Waals surface area (Å²) in [6.45, 7) is 1.10. The zero-order valence-corrected chi connectivity index (χ0v) is 14.7. The zero-order chi connectivity index (χ0) is 19.5. The van der Waals surface area contributed by atoms with E-state index in [4.69, 9.17) is 19.9 Å². The molecule has 2 aromatic rings. The number of amides is 2. The van der Waals surface area contributed by atoms with Crippen molar-refractivity contribution in [2.75, 3.05) is 13.2 Å². The third-order valence-electron chi connectivity index (χ3n) is 3.76. The number of hydrogen-bond donors (Lipinski definition) is 4. The maximum Gasteiger partial charge on any atom is 0.274 e. The van der Waals surface area contributed by atoms with Crippen LogP contribution in [0.25, 0.3) is 0 Å². The molecule has 0 heterocycles. The van der Waals surface area contributed by atoms with Crippen molar-refractivity contribution < 1.29 is 29.5 Å². The lowest BCUT2D eigenvalue weighted by atomic mass is 10.2. The highest BCUT2D eigenvalue weighted by atomic mass is 16.5. The smallest absolute Gasteiger partial charge is 0.274 e. The van der Waals surface area contributed by atoms with Crippen molar-refractivity contribution in [3.8, 4) is 11.5 Å². The van der Waals surface area contributed by atoms with Gasteiger partial charge in [-0.3, -0.25) is 20.0 Å². The quantitative estimate of drug-likeness (QED) is 0.288. The average molecular weight is 374 g/mol. The van der Waals surface area contributed by atoms with Crippen molar-refractivity contribution in [2.45, 2.75) is 19.3 Å². The Bertz CT molecular complexity index is 667. The molecule has 2 aromatic carbocycles. The topological polar surface area (TPSA) is 117 Å². The van der Waals surface area contributed by atoms with E-state index in [1.165, 1.54) is 0 Å². The summed E-state index contributed by atoms with van der Waals surface area (Å²) in [5.41, 5.74) is 3.86. The van der Waals surface area contributed by atoms with Crippen molar-refractivity contribution in [3.05, 3.63) is 59.7 Å². The van der Waals surface area contributed by atoms with E-state index >= 15 is 0 Å². The standard InChI is InChI=1S/C19H22N2O6/c22-18(20-24)14-4-8-16(9-5-14)26-12-2-1-3-13-27-17-10-6-15(7-11-17)19(23)21-25/h4-11,24-25H,1-3,12-13H2,(H,20,22)(H,21,23). The van der Waals surface area contributed by atoms with Crippen LogP contribution in [-0.2, 0) is 0 Å². The van der Waals surface area contributed by atoms with Crippen molar-refractivity contribution in [2.24, 2.45) is 0 Å². The van der Waals surface area contributed by atoms with E-state index in [0.717, 1.165) is 19.3 Å². The number of hydrogen-bond acceptors (Lipinski definition) is 6. The summed E-state index contributed by atoms with van der Waals surface area (Å²) in [6.07, 6.45) is 2.64. The van der Waals surface area contributed by atoms with E-state index in [0.29, 0.717) is 35.8 Å². The molecule has 0 unspecified atom stereocenters. The first-order chi connectivity index (χ1) is 13.1. The number of benzene rings is 2. The Balaban J connectivity index is 1.58. The molecule has 0 aromatic heterocycles. The summed E-state index contributed by atoms with van der Waals surface area (Å²) >= 11 is 0. The average Bonchev–Trinajstić information content (AvgIpc) is 2.72. The van der Waals surface area contributed by atoms with Crippen LogP contribution < -0.4 is 20.4 Å². The number of hydroxylamine groups is 2. The van der Waals surface area contributed by atoms with E-state index < -0.39 is 11.8 Å². The van der Waals surface area contributed by atoms with Gasteiger partial charge in [-0.1, -0.05) is 0 Å². The SMILES string of the molecule is O=C(NO)c1ccc(OCCCCCOc2ccc(C(=O)NO)cc2)cc1. The van der Waals surface area contributed by atoms with Gasteiger partial charge in [0.05, 0.1) is 13.2 Å². The predicted octanol–water partition coefficient (Wildman–Crippen LogP) is 2.55. The second-order valence-corrected chi connectivity index (χ2v) is 5.69. The first kappa shape index (κ1) is 20.2. The van der Waals surface area contributed by atoms with Gasteiger partial charge in [-0.15, -0.1) is 0 Å². The fourth-order valence-corrected chi connectivity index (χ4v) is 2.30. The van der Waals surface area contributed by atoms with Crippen molar-refractivity contribution in [1.82, 2.24) is 11.0 Å². The number of nitrogens with one attached hydrogen (secondary N) is 2. The number of rotatable bonds is 10. The molecule has 2 rings (SSSR count). The molecule has 0 atom stereocenters. The Labute approximate surface area is 156 Å². The van der Waals surface area contributed by atoms with E-state index in [1.54, 1.807) is 59.5 Å².